The van der Waals surface area contributed by atoms with Gasteiger partial charge in [0.05, 0.1) is 6.04 Å². The Kier molecular flexibility index (Phi) is 4.34. The molecule has 3 aromatic rings. The molecule has 0 aromatic heterocycles. The molecular weight excluding hydrogens is 341 g/mol. The van der Waals surface area contributed by atoms with Crippen molar-refractivity contribution in [1.29, 1.82) is 0 Å². The summed E-state index contributed by atoms with van der Waals surface area (Å²) in [6.45, 7) is -1.89. The van der Waals surface area contributed by atoms with E-state index in [1.807, 2.05) is 60.7 Å². The maximum absolute atomic E-state index is 12.7. The SMILES string of the molecule is O=C1O[B-](c2ccccc2)(c2ccccc2)N[C@H]1Cc1ccc(O)c(O)c1. The summed E-state index contributed by atoms with van der Waals surface area (Å²) in [5.41, 5.74) is 2.52. The van der Waals surface area contributed by atoms with Gasteiger partial charge in [-0.25, -0.2) is 0 Å². The Labute approximate surface area is 157 Å². The van der Waals surface area contributed by atoms with Crippen LogP contribution in [0.2, 0.25) is 0 Å². The van der Waals surface area contributed by atoms with Gasteiger partial charge in [0.1, 0.15) is 0 Å². The Morgan fingerprint density at radius 1 is 0.852 bits per heavy atom. The zero-order valence-electron chi connectivity index (χ0n) is 14.6. The largest absolute Gasteiger partial charge is 0.667 e. The van der Waals surface area contributed by atoms with Crippen LogP contribution in [0.25, 0.3) is 0 Å². The van der Waals surface area contributed by atoms with Gasteiger partial charge in [0.15, 0.2) is 11.5 Å². The Morgan fingerprint density at radius 3 is 2.00 bits per heavy atom. The van der Waals surface area contributed by atoms with Crippen LogP contribution in [-0.2, 0) is 15.9 Å². The number of phenols is 2. The first-order valence-electron chi connectivity index (χ1n) is 8.86. The number of hydrogen-bond donors (Lipinski definition) is 3. The summed E-state index contributed by atoms with van der Waals surface area (Å²) in [5.74, 6) is -0.732. The number of nitrogens with one attached hydrogen (secondary N) is 1. The molecule has 136 valence electrons. The van der Waals surface area contributed by atoms with Gasteiger partial charge in [0.2, 0.25) is 0 Å². The molecule has 3 aromatic carbocycles. The van der Waals surface area contributed by atoms with Crippen LogP contribution < -0.4 is 16.2 Å². The van der Waals surface area contributed by atoms with Crippen LogP contribution in [0, 0.1) is 0 Å². The molecule has 1 saturated heterocycles. The second kappa shape index (κ2) is 6.81. The second-order valence-electron chi connectivity index (χ2n) is 6.79. The van der Waals surface area contributed by atoms with Gasteiger partial charge < -0.3 is 20.1 Å². The van der Waals surface area contributed by atoms with E-state index in [4.69, 9.17) is 4.65 Å². The molecule has 0 spiro atoms. The lowest BCUT2D eigenvalue weighted by atomic mass is 9.42. The number of rotatable bonds is 4. The van der Waals surface area contributed by atoms with E-state index in [9.17, 15) is 15.0 Å². The lowest BCUT2D eigenvalue weighted by molar-refractivity contribution is -0.134. The van der Waals surface area contributed by atoms with Crippen LogP contribution >= 0.6 is 0 Å². The molecule has 5 nitrogen and oxygen atoms in total. The van der Waals surface area contributed by atoms with E-state index in [1.165, 1.54) is 12.1 Å². The molecule has 3 N–H and O–H groups in total. The van der Waals surface area contributed by atoms with Gasteiger partial charge in [0.25, 0.3) is 12.5 Å². The third-order valence-corrected chi connectivity index (χ3v) is 5.03. The first-order valence-corrected chi connectivity index (χ1v) is 8.86. The molecule has 1 atom stereocenters. The predicted molar refractivity (Wildman–Crippen MR) is 104 cm³/mol. The molecule has 4 rings (SSSR count). The van der Waals surface area contributed by atoms with E-state index in [2.05, 4.69) is 5.23 Å². The molecule has 0 bridgehead atoms. The van der Waals surface area contributed by atoms with Crippen molar-refractivity contribution in [3.63, 3.8) is 0 Å². The van der Waals surface area contributed by atoms with Crippen LogP contribution in [0.4, 0.5) is 0 Å². The number of aromatic hydroxyl groups is 2. The fourth-order valence-corrected chi connectivity index (χ4v) is 3.68. The highest BCUT2D eigenvalue weighted by atomic mass is 16.5. The molecule has 1 fully saturated rings. The molecule has 6 heteroatoms. The number of carbonyl (C=O) groups excluding carboxylic acids is 1. The van der Waals surface area contributed by atoms with E-state index >= 15 is 0 Å². The lowest BCUT2D eigenvalue weighted by Crippen LogP contribution is -2.68. The standard InChI is InChI=1S/C21H19BNO4/c24-19-12-11-15(14-20(19)25)13-18-21(26)27-22(23-18,16-7-3-1-4-8-16)17-9-5-2-6-10-17/h1-12,14,18,23-25H,13H2/q-1/t18-/m0/s1. The minimum absolute atomic E-state index is 0.187. The molecule has 0 aliphatic carbocycles. The molecule has 1 aliphatic rings. The summed E-state index contributed by atoms with van der Waals surface area (Å²) in [6.07, 6.45) is 0.343. The van der Waals surface area contributed by atoms with E-state index in [-0.39, 0.29) is 17.5 Å². The van der Waals surface area contributed by atoms with E-state index < -0.39 is 12.5 Å². The van der Waals surface area contributed by atoms with Crippen molar-refractivity contribution in [2.45, 2.75) is 12.5 Å². The summed E-state index contributed by atoms with van der Waals surface area (Å²) in [4.78, 5) is 12.7. The maximum Gasteiger partial charge on any atom is 0.293 e. The summed E-state index contributed by atoms with van der Waals surface area (Å²) in [5, 5.41) is 22.6. The number of carbonyl (C=O) groups is 1. The predicted octanol–water partition coefficient (Wildman–Crippen LogP) is 1.41. The molecule has 1 aliphatic heterocycles. The minimum Gasteiger partial charge on any atom is -0.667 e. The molecule has 0 radical (unpaired) electrons. The monoisotopic (exact) mass is 360 g/mol. The quantitative estimate of drug-likeness (QED) is 0.485. The third kappa shape index (κ3) is 3.15. The summed E-state index contributed by atoms with van der Waals surface area (Å²) in [6, 6.07) is 23.3. The first-order chi connectivity index (χ1) is 13.1. The number of phenolic OH excluding ortho intramolecular Hbond substituents is 2. The van der Waals surface area contributed by atoms with E-state index in [1.54, 1.807) is 6.07 Å². The molecule has 0 amide bonds. The van der Waals surface area contributed by atoms with Crippen molar-refractivity contribution in [3.8, 4) is 11.5 Å². The average molecular weight is 360 g/mol. The fraction of sp³-hybridized carbons (Fsp3) is 0.0952. The van der Waals surface area contributed by atoms with Gasteiger partial charge in [-0.15, -0.1) is 10.9 Å². The van der Waals surface area contributed by atoms with Gasteiger partial charge in [-0.1, -0.05) is 66.7 Å². The highest BCUT2D eigenvalue weighted by molar-refractivity contribution is 6.97. The van der Waals surface area contributed by atoms with Crippen molar-refractivity contribution >= 4 is 23.4 Å². The van der Waals surface area contributed by atoms with Gasteiger partial charge in [-0.2, -0.15) is 0 Å². The maximum atomic E-state index is 12.7. The van der Waals surface area contributed by atoms with Crippen LogP contribution in [0.1, 0.15) is 5.56 Å². The Balaban J connectivity index is 1.70. The van der Waals surface area contributed by atoms with Crippen molar-refractivity contribution < 1.29 is 19.7 Å². The first kappa shape index (κ1) is 17.2. The molecule has 1 heterocycles. The highest BCUT2D eigenvalue weighted by Crippen LogP contribution is 2.26. The molecular formula is C21H19BNO4-. The topological polar surface area (TPSA) is 78.8 Å². The van der Waals surface area contributed by atoms with Crippen LogP contribution in [0.5, 0.6) is 11.5 Å². The zero-order chi connectivity index (χ0) is 18.9. The summed E-state index contributed by atoms with van der Waals surface area (Å²) >= 11 is 0. The molecule has 0 saturated carbocycles. The highest BCUT2D eigenvalue weighted by Gasteiger charge is 2.43. The fourth-order valence-electron chi connectivity index (χ4n) is 3.68. The summed E-state index contributed by atoms with van der Waals surface area (Å²) < 4.78 is 5.96. The lowest BCUT2D eigenvalue weighted by Gasteiger charge is -2.37. The van der Waals surface area contributed by atoms with Gasteiger partial charge in [-0.3, -0.25) is 4.79 Å². The van der Waals surface area contributed by atoms with E-state index in [0.29, 0.717) is 6.42 Å². The van der Waals surface area contributed by atoms with Crippen molar-refractivity contribution in [2.75, 3.05) is 0 Å². The molecule has 0 unspecified atom stereocenters. The molecule has 27 heavy (non-hydrogen) atoms. The van der Waals surface area contributed by atoms with E-state index in [0.717, 1.165) is 16.5 Å². The number of benzene rings is 3. The third-order valence-electron chi connectivity index (χ3n) is 5.03. The zero-order valence-corrected chi connectivity index (χ0v) is 14.6. The van der Waals surface area contributed by atoms with Crippen molar-refractivity contribution in [1.82, 2.24) is 5.23 Å². The Morgan fingerprint density at radius 2 is 1.44 bits per heavy atom. The Hall–Kier alpha value is -3.25. The minimum atomic E-state index is -1.89. The summed E-state index contributed by atoms with van der Waals surface area (Å²) in [7, 11) is 0. The van der Waals surface area contributed by atoms with Gasteiger partial charge >= 0.3 is 0 Å². The smallest absolute Gasteiger partial charge is 0.293 e. The normalized spacial score (nSPS) is 18.2. The van der Waals surface area contributed by atoms with Crippen LogP contribution in [0.3, 0.4) is 0 Å². The van der Waals surface area contributed by atoms with Gasteiger partial charge in [0, 0.05) is 0 Å². The Bertz CT molecular complexity index is 923. The number of hydrogen-bond acceptors (Lipinski definition) is 5. The van der Waals surface area contributed by atoms with Crippen LogP contribution in [0.15, 0.2) is 78.9 Å². The van der Waals surface area contributed by atoms with Crippen molar-refractivity contribution in [2.24, 2.45) is 0 Å². The second-order valence-corrected chi connectivity index (χ2v) is 6.79. The van der Waals surface area contributed by atoms with Crippen LogP contribution in [-0.4, -0.2) is 28.7 Å². The van der Waals surface area contributed by atoms with Crippen molar-refractivity contribution in [3.05, 3.63) is 84.4 Å². The van der Waals surface area contributed by atoms with Gasteiger partial charge in [-0.05, 0) is 24.1 Å². The average Bonchev–Trinajstić information content (AvgIpc) is 3.03.